The Balaban J connectivity index is 2.94. The molecule has 0 heterocycles. The standard InChI is InChI=1S/C17H20N4O/c1-4-8-21(9-5-2)17(22)14(11-18)12-20-16-7-6-13(3)10-15(16)19/h4-7,10,12,20H,1-2,8-9,19H2,3H3/b14-12-. The van der Waals surface area contributed by atoms with Crippen LogP contribution >= 0.6 is 0 Å². The van der Waals surface area contributed by atoms with E-state index in [1.165, 1.54) is 11.1 Å². The van der Waals surface area contributed by atoms with Gasteiger partial charge >= 0.3 is 0 Å². The van der Waals surface area contributed by atoms with Gasteiger partial charge in [0.2, 0.25) is 0 Å². The molecule has 0 unspecified atom stereocenters. The van der Waals surface area contributed by atoms with Gasteiger partial charge in [-0.15, -0.1) is 13.2 Å². The average Bonchev–Trinajstić information content (AvgIpc) is 2.49. The number of nitrogen functional groups attached to an aromatic ring is 1. The summed E-state index contributed by atoms with van der Waals surface area (Å²) in [6.07, 6.45) is 4.56. The maximum Gasteiger partial charge on any atom is 0.266 e. The van der Waals surface area contributed by atoms with Gasteiger partial charge in [0.1, 0.15) is 11.6 Å². The second-order valence-electron chi connectivity index (χ2n) is 4.69. The Morgan fingerprint density at radius 2 is 2.05 bits per heavy atom. The third-order valence-electron chi connectivity index (χ3n) is 2.92. The van der Waals surface area contributed by atoms with Gasteiger partial charge in [-0.3, -0.25) is 4.79 Å². The molecule has 22 heavy (non-hydrogen) atoms. The van der Waals surface area contributed by atoms with Crippen molar-refractivity contribution in [2.45, 2.75) is 6.92 Å². The molecule has 0 bridgehead atoms. The van der Waals surface area contributed by atoms with Crippen LogP contribution < -0.4 is 11.1 Å². The van der Waals surface area contributed by atoms with E-state index in [0.717, 1.165) is 5.56 Å². The van der Waals surface area contributed by atoms with Crippen LogP contribution in [0.5, 0.6) is 0 Å². The first-order valence-corrected chi connectivity index (χ1v) is 6.77. The molecule has 0 aliphatic heterocycles. The number of benzene rings is 1. The van der Waals surface area contributed by atoms with E-state index in [1.54, 1.807) is 18.2 Å². The van der Waals surface area contributed by atoms with Gasteiger partial charge in [0.15, 0.2) is 0 Å². The number of nitrogens with zero attached hydrogens (tertiary/aromatic N) is 2. The lowest BCUT2D eigenvalue weighted by Crippen LogP contribution is -2.32. The Bertz CT molecular complexity index is 631. The predicted molar refractivity (Wildman–Crippen MR) is 89.9 cm³/mol. The van der Waals surface area contributed by atoms with Crippen LogP contribution in [0.1, 0.15) is 5.56 Å². The van der Waals surface area contributed by atoms with E-state index in [2.05, 4.69) is 18.5 Å². The van der Waals surface area contributed by atoms with Crippen LogP contribution in [0.4, 0.5) is 11.4 Å². The van der Waals surface area contributed by atoms with Gasteiger partial charge in [-0.2, -0.15) is 5.26 Å². The second kappa shape index (κ2) is 8.32. The number of carbonyl (C=O) groups excluding carboxylic acids is 1. The van der Waals surface area contributed by atoms with Crippen LogP contribution in [-0.4, -0.2) is 23.9 Å². The number of hydrogen-bond acceptors (Lipinski definition) is 4. The zero-order chi connectivity index (χ0) is 16.5. The fourth-order valence-electron chi connectivity index (χ4n) is 1.83. The molecule has 0 aliphatic rings. The van der Waals surface area contributed by atoms with E-state index >= 15 is 0 Å². The Labute approximate surface area is 131 Å². The highest BCUT2D eigenvalue weighted by atomic mass is 16.2. The van der Waals surface area contributed by atoms with E-state index in [1.807, 2.05) is 25.1 Å². The van der Waals surface area contributed by atoms with E-state index in [-0.39, 0.29) is 11.5 Å². The molecule has 0 spiro atoms. The van der Waals surface area contributed by atoms with Gasteiger partial charge in [0, 0.05) is 19.3 Å². The maximum absolute atomic E-state index is 12.3. The van der Waals surface area contributed by atoms with Crippen LogP contribution in [-0.2, 0) is 4.79 Å². The molecule has 1 amide bonds. The minimum Gasteiger partial charge on any atom is -0.397 e. The lowest BCUT2D eigenvalue weighted by molar-refractivity contribution is -0.125. The molecule has 0 saturated carbocycles. The van der Waals surface area contributed by atoms with E-state index < -0.39 is 0 Å². The molecule has 1 rings (SSSR count). The van der Waals surface area contributed by atoms with Crippen molar-refractivity contribution in [2.24, 2.45) is 0 Å². The number of aryl methyl sites for hydroxylation is 1. The highest BCUT2D eigenvalue weighted by Gasteiger charge is 2.16. The van der Waals surface area contributed by atoms with Crippen molar-refractivity contribution < 1.29 is 4.79 Å². The van der Waals surface area contributed by atoms with E-state index in [0.29, 0.717) is 24.5 Å². The number of rotatable bonds is 7. The molecule has 0 fully saturated rings. The molecule has 5 nitrogen and oxygen atoms in total. The molecule has 1 aromatic rings. The zero-order valence-corrected chi connectivity index (χ0v) is 12.7. The summed E-state index contributed by atoms with van der Waals surface area (Å²) < 4.78 is 0. The summed E-state index contributed by atoms with van der Waals surface area (Å²) in [6, 6.07) is 7.40. The Morgan fingerprint density at radius 3 is 2.55 bits per heavy atom. The number of amides is 1. The maximum atomic E-state index is 12.3. The average molecular weight is 296 g/mol. The third-order valence-corrected chi connectivity index (χ3v) is 2.92. The Kier molecular flexibility index (Phi) is 6.45. The molecule has 0 aliphatic carbocycles. The van der Waals surface area contributed by atoms with Crippen LogP contribution in [0.25, 0.3) is 0 Å². The number of anilines is 2. The SMILES string of the molecule is C=CCN(CC=C)C(=O)/C(C#N)=C\Nc1ccc(C)cc1N. The summed E-state index contributed by atoms with van der Waals surface area (Å²) in [5, 5.41) is 12.1. The first-order chi connectivity index (χ1) is 10.5. The second-order valence-corrected chi connectivity index (χ2v) is 4.69. The molecule has 0 saturated heterocycles. The van der Waals surface area contributed by atoms with E-state index in [4.69, 9.17) is 5.73 Å². The summed E-state index contributed by atoms with van der Waals surface area (Å²) in [4.78, 5) is 13.8. The molecule has 0 radical (unpaired) electrons. The molecule has 0 atom stereocenters. The topological polar surface area (TPSA) is 82.2 Å². The fraction of sp³-hybridized carbons (Fsp3) is 0.176. The van der Waals surface area contributed by atoms with Gasteiger partial charge in [-0.25, -0.2) is 0 Å². The lowest BCUT2D eigenvalue weighted by atomic mass is 10.2. The van der Waals surface area contributed by atoms with Crippen molar-refractivity contribution in [3.8, 4) is 6.07 Å². The molecule has 114 valence electrons. The first kappa shape index (κ1) is 17.1. The normalized spacial score (nSPS) is 10.5. The quantitative estimate of drug-likeness (QED) is 0.351. The molecule has 5 heteroatoms. The summed E-state index contributed by atoms with van der Waals surface area (Å²) in [6.45, 7) is 9.82. The van der Waals surface area contributed by atoms with Crippen LogP contribution in [0.3, 0.4) is 0 Å². The zero-order valence-electron chi connectivity index (χ0n) is 12.7. The van der Waals surface area contributed by atoms with Crippen LogP contribution in [0.15, 0.2) is 55.3 Å². The van der Waals surface area contributed by atoms with Crippen molar-refractivity contribution >= 4 is 17.3 Å². The smallest absolute Gasteiger partial charge is 0.266 e. The molecular formula is C17H20N4O. The van der Waals surface area contributed by atoms with Crippen LogP contribution in [0, 0.1) is 18.3 Å². The van der Waals surface area contributed by atoms with Gasteiger partial charge < -0.3 is 16.0 Å². The summed E-state index contributed by atoms with van der Waals surface area (Å²) >= 11 is 0. The highest BCUT2D eigenvalue weighted by Crippen LogP contribution is 2.19. The predicted octanol–water partition coefficient (Wildman–Crippen LogP) is 2.60. The lowest BCUT2D eigenvalue weighted by Gasteiger charge is -2.18. The molecule has 1 aromatic carbocycles. The molecule has 0 aromatic heterocycles. The Hall–Kier alpha value is -3.00. The summed E-state index contributed by atoms with van der Waals surface area (Å²) in [7, 11) is 0. The summed E-state index contributed by atoms with van der Waals surface area (Å²) in [5.74, 6) is -0.388. The number of nitrogens with one attached hydrogen (secondary N) is 1. The number of nitriles is 1. The van der Waals surface area contributed by atoms with Gasteiger partial charge in [-0.05, 0) is 24.6 Å². The van der Waals surface area contributed by atoms with Gasteiger partial charge in [0.05, 0.1) is 11.4 Å². The summed E-state index contributed by atoms with van der Waals surface area (Å²) in [5.41, 5.74) is 8.10. The van der Waals surface area contributed by atoms with E-state index in [9.17, 15) is 10.1 Å². The van der Waals surface area contributed by atoms with Crippen molar-refractivity contribution in [2.75, 3.05) is 24.1 Å². The number of carbonyl (C=O) groups is 1. The van der Waals surface area contributed by atoms with Crippen molar-refractivity contribution in [1.29, 1.82) is 5.26 Å². The number of hydrogen-bond donors (Lipinski definition) is 2. The third kappa shape index (κ3) is 4.53. The number of nitrogens with two attached hydrogens (primary N) is 1. The molecular weight excluding hydrogens is 276 g/mol. The Morgan fingerprint density at radius 1 is 1.41 bits per heavy atom. The van der Waals surface area contributed by atoms with Gasteiger partial charge in [-0.1, -0.05) is 18.2 Å². The van der Waals surface area contributed by atoms with Crippen LogP contribution in [0.2, 0.25) is 0 Å². The minimum absolute atomic E-state index is 0.0105. The van der Waals surface area contributed by atoms with Crippen molar-refractivity contribution in [3.63, 3.8) is 0 Å². The first-order valence-electron chi connectivity index (χ1n) is 6.77. The fourth-order valence-corrected chi connectivity index (χ4v) is 1.83. The van der Waals surface area contributed by atoms with Gasteiger partial charge in [0.25, 0.3) is 5.91 Å². The largest absolute Gasteiger partial charge is 0.397 e. The minimum atomic E-state index is -0.388. The monoisotopic (exact) mass is 296 g/mol. The highest BCUT2D eigenvalue weighted by molar-refractivity contribution is 5.97. The molecule has 3 N–H and O–H groups in total. The van der Waals surface area contributed by atoms with Crippen molar-refractivity contribution in [3.05, 3.63) is 60.8 Å². The van der Waals surface area contributed by atoms with Crippen molar-refractivity contribution in [1.82, 2.24) is 4.90 Å².